The number of rotatable bonds is 7. The van der Waals surface area contributed by atoms with E-state index in [1.807, 2.05) is 49.1 Å². The second kappa shape index (κ2) is 8.16. The highest BCUT2D eigenvalue weighted by molar-refractivity contribution is 7.99. The molecule has 1 rings (SSSR count). The zero-order valence-corrected chi connectivity index (χ0v) is 12.0. The summed E-state index contributed by atoms with van der Waals surface area (Å²) in [6, 6.07) is 10.2. The molecule has 0 aliphatic rings. The monoisotopic (exact) mass is 266 g/mol. The van der Waals surface area contributed by atoms with Gasteiger partial charge in [0, 0.05) is 24.9 Å². The van der Waals surface area contributed by atoms with E-state index in [-0.39, 0.29) is 11.9 Å². The van der Waals surface area contributed by atoms with Crippen LogP contribution in [0.2, 0.25) is 0 Å². The van der Waals surface area contributed by atoms with Crippen molar-refractivity contribution in [3.8, 4) is 0 Å². The SMILES string of the molecule is CCN(Cc1ccccc1)C(=O)CSCC(C)N. The van der Waals surface area contributed by atoms with Crippen LogP contribution in [0.4, 0.5) is 0 Å². The van der Waals surface area contributed by atoms with Gasteiger partial charge >= 0.3 is 0 Å². The van der Waals surface area contributed by atoms with Crippen LogP contribution < -0.4 is 5.73 Å². The number of nitrogens with two attached hydrogens (primary N) is 1. The van der Waals surface area contributed by atoms with Gasteiger partial charge in [0.25, 0.3) is 0 Å². The van der Waals surface area contributed by atoms with E-state index < -0.39 is 0 Å². The first-order chi connectivity index (χ1) is 8.63. The van der Waals surface area contributed by atoms with Crippen LogP contribution in [-0.4, -0.2) is 34.9 Å². The van der Waals surface area contributed by atoms with Crippen LogP contribution in [0.1, 0.15) is 19.4 Å². The minimum atomic E-state index is 0.145. The van der Waals surface area contributed by atoms with E-state index in [9.17, 15) is 4.79 Å². The summed E-state index contributed by atoms with van der Waals surface area (Å²) in [5, 5.41) is 0. The molecule has 0 saturated heterocycles. The number of hydrogen-bond acceptors (Lipinski definition) is 3. The van der Waals surface area contributed by atoms with E-state index in [1.165, 1.54) is 5.56 Å². The van der Waals surface area contributed by atoms with Gasteiger partial charge < -0.3 is 10.6 Å². The first-order valence-corrected chi connectivity index (χ1v) is 7.44. The number of amides is 1. The maximum absolute atomic E-state index is 12.0. The normalized spacial score (nSPS) is 12.2. The Morgan fingerprint density at radius 2 is 2.06 bits per heavy atom. The van der Waals surface area contributed by atoms with Crippen LogP contribution in [-0.2, 0) is 11.3 Å². The first-order valence-electron chi connectivity index (χ1n) is 6.28. The summed E-state index contributed by atoms with van der Waals surface area (Å²) in [4.78, 5) is 13.9. The highest BCUT2D eigenvalue weighted by atomic mass is 32.2. The zero-order valence-electron chi connectivity index (χ0n) is 11.1. The Bertz CT molecular complexity index is 354. The van der Waals surface area contributed by atoms with Gasteiger partial charge in [0.15, 0.2) is 0 Å². The van der Waals surface area contributed by atoms with E-state index in [1.54, 1.807) is 11.8 Å². The molecule has 1 unspecified atom stereocenters. The summed E-state index contributed by atoms with van der Waals surface area (Å²) in [6.45, 7) is 5.40. The second-order valence-electron chi connectivity index (χ2n) is 4.39. The Balaban J connectivity index is 2.43. The molecule has 0 aliphatic carbocycles. The van der Waals surface area contributed by atoms with Crippen LogP contribution in [0.25, 0.3) is 0 Å². The summed E-state index contributed by atoms with van der Waals surface area (Å²) in [6.07, 6.45) is 0. The average molecular weight is 266 g/mol. The van der Waals surface area contributed by atoms with Gasteiger partial charge in [-0.05, 0) is 19.4 Å². The van der Waals surface area contributed by atoms with E-state index in [0.29, 0.717) is 12.3 Å². The van der Waals surface area contributed by atoms with Gasteiger partial charge in [0.2, 0.25) is 5.91 Å². The molecule has 2 N–H and O–H groups in total. The van der Waals surface area contributed by atoms with Crippen molar-refractivity contribution in [3.05, 3.63) is 35.9 Å². The lowest BCUT2D eigenvalue weighted by Gasteiger charge is -2.21. The molecule has 1 aromatic carbocycles. The maximum atomic E-state index is 12.0. The Kier molecular flexibility index (Phi) is 6.83. The van der Waals surface area contributed by atoms with Crippen LogP contribution in [0.15, 0.2) is 30.3 Å². The van der Waals surface area contributed by atoms with Crippen LogP contribution >= 0.6 is 11.8 Å². The molecule has 0 aromatic heterocycles. The van der Waals surface area contributed by atoms with Gasteiger partial charge in [0.1, 0.15) is 0 Å². The van der Waals surface area contributed by atoms with Crippen molar-refractivity contribution in [1.29, 1.82) is 0 Å². The Morgan fingerprint density at radius 1 is 1.39 bits per heavy atom. The first kappa shape index (κ1) is 15.1. The van der Waals surface area contributed by atoms with Crippen molar-refractivity contribution in [2.24, 2.45) is 5.73 Å². The Labute approximate surface area is 114 Å². The third-order valence-electron chi connectivity index (χ3n) is 2.56. The van der Waals surface area contributed by atoms with Crippen LogP contribution in [0.3, 0.4) is 0 Å². The number of nitrogens with zero attached hydrogens (tertiary/aromatic N) is 1. The largest absolute Gasteiger partial charge is 0.338 e. The third kappa shape index (κ3) is 5.56. The molecular weight excluding hydrogens is 244 g/mol. The summed E-state index contributed by atoms with van der Waals surface area (Å²) < 4.78 is 0. The van der Waals surface area contributed by atoms with E-state index in [4.69, 9.17) is 5.73 Å². The maximum Gasteiger partial charge on any atom is 0.232 e. The molecule has 0 radical (unpaired) electrons. The fraction of sp³-hybridized carbons (Fsp3) is 0.500. The van der Waals surface area contributed by atoms with Gasteiger partial charge in [0.05, 0.1) is 5.75 Å². The molecule has 0 bridgehead atoms. The molecule has 100 valence electrons. The number of thioether (sulfide) groups is 1. The molecule has 1 atom stereocenters. The highest BCUT2D eigenvalue weighted by Gasteiger charge is 2.12. The van der Waals surface area contributed by atoms with Gasteiger partial charge in [-0.1, -0.05) is 30.3 Å². The summed E-state index contributed by atoms with van der Waals surface area (Å²) in [5.74, 6) is 1.53. The van der Waals surface area contributed by atoms with Gasteiger partial charge in [-0.2, -0.15) is 11.8 Å². The number of carbonyl (C=O) groups is 1. The minimum Gasteiger partial charge on any atom is -0.338 e. The molecule has 0 heterocycles. The van der Waals surface area contributed by atoms with E-state index in [0.717, 1.165) is 12.3 Å². The molecular formula is C14H22N2OS. The van der Waals surface area contributed by atoms with Crippen LogP contribution in [0, 0.1) is 0 Å². The fourth-order valence-electron chi connectivity index (χ4n) is 1.60. The number of benzene rings is 1. The lowest BCUT2D eigenvalue weighted by atomic mass is 10.2. The molecule has 0 aliphatic heterocycles. The lowest BCUT2D eigenvalue weighted by molar-refractivity contribution is -0.128. The third-order valence-corrected chi connectivity index (χ3v) is 3.77. The van der Waals surface area contributed by atoms with Crippen molar-refractivity contribution < 1.29 is 4.79 Å². The summed E-state index contributed by atoms with van der Waals surface area (Å²) in [7, 11) is 0. The second-order valence-corrected chi connectivity index (χ2v) is 5.42. The molecule has 3 nitrogen and oxygen atoms in total. The lowest BCUT2D eigenvalue weighted by Crippen LogP contribution is -2.32. The minimum absolute atomic E-state index is 0.145. The fourth-order valence-corrected chi connectivity index (χ4v) is 2.45. The summed E-state index contributed by atoms with van der Waals surface area (Å²) in [5.41, 5.74) is 6.84. The van der Waals surface area contributed by atoms with Crippen molar-refractivity contribution in [3.63, 3.8) is 0 Å². The molecule has 0 fully saturated rings. The van der Waals surface area contributed by atoms with Crippen molar-refractivity contribution in [1.82, 2.24) is 4.90 Å². The van der Waals surface area contributed by atoms with Gasteiger partial charge in [-0.15, -0.1) is 0 Å². The van der Waals surface area contributed by atoms with Crippen molar-refractivity contribution in [2.45, 2.75) is 26.4 Å². The summed E-state index contributed by atoms with van der Waals surface area (Å²) >= 11 is 1.61. The van der Waals surface area contributed by atoms with Crippen molar-refractivity contribution >= 4 is 17.7 Å². The standard InChI is InChI=1S/C14H22N2OS/c1-3-16(9-13-7-5-4-6-8-13)14(17)11-18-10-12(2)15/h4-8,12H,3,9-11,15H2,1-2H3. The van der Waals surface area contributed by atoms with Crippen molar-refractivity contribution in [2.75, 3.05) is 18.1 Å². The molecule has 0 spiro atoms. The molecule has 1 amide bonds. The predicted octanol–water partition coefficient (Wildman–Crippen LogP) is 2.12. The smallest absolute Gasteiger partial charge is 0.232 e. The van der Waals surface area contributed by atoms with E-state index in [2.05, 4.69) is 0 Å². The predicted molar refractivity (Wildman–Crippen MR) is 78.5 cm³/mol. The Morgan fingerprint density at radius 3 is 2.61 bits per heavy atom. The van der Waals surface area contributed by atoms with Gasteiger partial charge in [-0.25, -0.2) is 0 Å². The molecule has 0 saturated carbocycles. The average Bonchev–Trinajstić information content (AvgIpc) is 2.36. The molecule has 1 aromatic rings. The van der Waals surface area contributed by atoms with E-state index >= 15 is 0 Å². The topological polar surface area (TPSA) is 46.3 Å². The Hall–Kier alpha value is -1.00. The highest BCUT2D eigenvalue weighted by Crippen LogP contribution is 2.08. The zero-order chi connectivity index (χ0) is 13.4. The molecule has 4 heteroatoms. The number of hydrogen-bond donors (Lipinski definition) is 1. The van der Waals surface area contributed by atoms with Crippen LogP contribution in [0.5, 0.6) is 0 Å². The quantitative estimate of drug-likeness (QED) is 0.822. The molecule has 18 heavy (non-hydrogen) atoms. The number of carbonyl (C=O) groups excluding carboxylic acids is 1. The van der Waals surface area contributed by atoms with Gasteiger partial charge in [-0.3, -0.25) is 4.79 Å².